The lowest BCUT2D eigenvalue weighted by Gasteiger charge is -2.10. The molecule has 0 amide bonds. The second-order valence-corrected chi connectivity index (χ2v) is 6.81. The molecule has 130 valence electrons. The summed E-state index contributed by atoms with van der Waals surface area (Å²) in [6, 6.07) is 12.6. The quantitative estimate of drug-likeness (QED) is 0.612. The smallest absolute Gasteiger partial charge is 0.191 e. The Bertz CT molecular complexity index is 879. The third-order valence-corrected chi connectivity index (χ3v) is 5.19. The molecule has 0 radical (unpaired) electrons. The van der Waals surface area contributed by atoms with E-state index >= 15 is 0 Å². The largest absolute Gasteiger partial charge is 0.485 e. The van der Waals surface area contributed by atoms with Gasteiger partial charge in [-0.3, -0.25) is 0 Å². The zero-order chi connectivity index (χ0) is 17.8. The Morgan fingerprint density at radius 1 is 1.12 bits per heavy atom. The molecule has 0 aliphatic rings. The molecule has 4 nitrogen and oxygen atoms in total. The van der Waals surface area contributed by atoms with E-state index in [0.29, 0.717) is 12.4 Å². The molecular weight excluding hydrogens is 337 g/mol. The van der Waals surface area contributed by atoms with Gasteiger partial charge in [0.15, 0.2) is 11.0 Å². The summed E-state index contributed by atoms with van der Waals surface area (Å²) in [5.74, 6) is 2.03. The Hall–Kier alpha value is -2.34. The zero-order valence-corrected chi connectivity index (χ0v) is 15.3. The van der Waals surface area contributed by atoms with Gasteiger partial charge in [-0.2, -0.15) is 0 Å². The molecule has 0 fully saturated rings. The minimum Gasteiger partial charge on any atom is -0.485 e. The van der Waals surface area contributed by atoms with E-state index in [2.05, 4.69) is 23.2 Å². The topological polar surface area (TPSA) is 39.9 Å². The van der Waals surface area contributed by atoms with Crippen LogP contribution in [0.4, 0.5) is 4.39 Å². The summed E-state index contributed by atoms with van der Waals surface area (Å²) >= 11 is 1.52. The normalized spacial score (nSPS) is 10.9. The molecule has 0 aliphatic heterocycles. The summed E-state index contributed by atoms with van der Waals surface area (Å²) in [6.07, 6.45) is 0. The predicted octanol–water partition coefficient (Wildman–Crippen LogP) is 4.44. The van der Waals surface area contributed by atoms with Gasteiger partial charge in [0.1, 0.15) is 18.2 Å². The monoisotopic (exact) mass is 357 g/mol. The molecule has 0 N–H and O–H groups in total. The summed E-state index contributed by atoms with van der Waals surface area (Å²) < 4.78 is 21.0. The standard InChI is InChI=1S/C19H20FN3OS/c1-13-6-4-9-17(14(13)2)24-11-18-21-22-19(23(18)3)25-12-15-7-5-8-16(20)10-15/h4-10H,11-12H2,1-3H3. The molecule has 2 aromatic carbocycles. The lowest BCUT2D eigenvalue weighted by Crippen LogP contribution is -2.05. The van der Waals surface area contributed by atoms with Crippen LogP contribution >= 0.6 is 11.8 Å². The van der Waals surface area contributed by atoms with E-state index in [1.54, 1.807) is 6.07 Å². The molecule has 1 aromatic heterocycles. The maximum atomic E-state index is 13.2. The van der Waals surface area contributed by atoms with E-state index in [1.165, 1.54) is 29.5 Å². The number of ether oxygens (including phenoxy) is 1. The first kappa shape index (κ1) is 17.5. The number of rotatable bonds is 6. The van der Waals surface area contributed by atoms with Crippen molar-refractivity contribution >= 4 is 11.8 Å². The van der Waals surface area contributed by atoms with Crippen LogP contribution in [0.2, 0.25) is 0 Å². The summed E-state index contributed by atoms with van der Waals surface area (Å²) in [5.41, 5.74) is 3.24. The Morgan fingerprint density at radius 3 is 2.72 bits per heavy atom. The minimum absolute atomic E-state index is 0.223. The van der Waals surface area contributed by atoms with Crippen LogP contribution in [0.15, 0.2) is 47.6 Å². The van der Waals surface area contributed by atoms with E-state index < -0.39 is 0 Å². The van der Waals surface area contributed by atoms with Gasteiger partial charge >= 0.3 is 0 Å². The number of benzene rings is 2. The average Bonchev–Trinajstić information content (AvgIpc) is 2.94. The van der Waals surface area contributed by atoms with Gasteiger partial charge in [-0.05, 0) is 48.7 Å². The number of nitrogens with zero attached hydrogens (tertiary/aromatic N) is 3. The highest BCUT2D eigenvalue weighted by Crippen LogP contribution is 2.24. The van der Waals surface area contributed by atoms with Gasteiger partial charge in [0.05, 0.1) is 0 Å². The van der Waals surface area contributed by atoms with Crippen molar-refractivity contribution in [1.82, 2.24) is 14.8 Å². The number of aromatic nitrogens is 3. The predicted molar refractivity (Wildman–Crippen MR) is 97.2 cm³/mol. The first-order valence-corrected chi connectivity index (χ1v) is 8.97. The SMILES string of the molecule is Cc1cccc(OCc2nnc(SCc3cccc(F)c3)n2C)c1C. The molecule has 6 heteroatoms. The molecular formula is C19H20FN3OS. The summed E-state index contributed by atoms with van der Waals surface area (Å²) in [7, 11) is 1.91. The molecule has 25 heavy (non-hydrogen) atoms. The molecule has 0 aliphatic carbocycles. The van der Waals surface area contributed by atoms with Gasteiger partial charge in [0.2, 0.25) is 0 Å². The highest BCUT2D eigenvalue weighted by Gasteiger charge is 2.11. The van der Waals surface area contributed by atoms with Crippen molar-refractivity contribution in [3.05, 3.63) is 70.8 Å². The van der Waals surface area contributed by atoms with E-state index in [9.17, 15) is 4.39 Å². The third kappa shape index (κ3) is 4.20. The van der Waals surface area contributed by atoms with Crippen molar-refractivity contribution in [3.8, 4) is 5.75 Å². The fourth-order valence-corrected chi connectivity index (χ4v) is 3.27. The second-order valence-electron chi connectivity index (χ2n) is 5.86. The first-order chi connectivity index (χ1) is 12.0. The third-order valence-electron chi connectivity index (χ3n) is 4.09. The number of hydrogen-bond acceptors (Lipinski definition) is 4. The van der Waals surface area contributed by atoms with Crippen LogP contribution in [-0.4, -0.2) is 14.8 Å². The fourth-order valence-electron chi connectivity index (χ4n) is 2.39. The van der Waals surface area contributed by atoms with Crippen LogP contribution in [0.5, 0.6) is 5.75 Å². The van der Waals surface area contributed by atoms with Crippen molar-refractivity contribution in [2.24, 2.45) is 7.05 Å². The van der Waals surface area contributed by atoms with E-state index in [0.717, 1.165) is 27.9 Å². The van der Waals surface area contributed by atoms with Crippen LogP contribution in [0.25, 0.3) is 0 Å². The van der Waals surface area contributed by atoms with Gasteiger partial charge in [-0.25, -0.2) is 4.39 Å². The van der Waals surface area contributed by atoms with Crippen LogP contribution in [0.1, 0.15) is 22.5 Å². The van der Waals surface area contributed by atoms with E-state index in [4.69, 9.17) is 4.74 Å². The molecule has 1 heterocycles. The van der Waals surface area contributed by atoms with E-state index in [1.807, 2.05) is 36.7 Å². The maximum Gasteiger partial charge on any atom is 0.191 e. The highest BCUT2D eigenvalue weighted by molar-refractivity contribution is 7.98. The zero-order valence-electron chi connectivity index (χ0n) is 14.5. The van der Waals surface area contributed by atoms with Crippen molar-refractivity contribution in [1.29, 1.82) is 0 Å². The summed E-state index contributed by atoms with van der Waals surface area (Å²) in [5, 5.41) is 9.19. The Kier molecular flexibility index (Phi) is 5.38. The molecule has 0 spiro atoms. The van der Waals surface area contributed by atoms with Gasteiger partial charge in [0.25, 0.3) is 0 Å². The number of aryl methyl sites for hydroxylation is 1. The molecule has 3 aromatic rings. The molecule has 0 saturated heterocycles. The van der Waals surface area contributed by atoms with Crippen molar-refractivity contribution in [3.63, 3.8) is 0 Å². The Labute approximate surface area is 151 Å². The lowest BCUT2D eigenvalue weighted by molar-refractivity contribution is 0.288. The van der Waals surface area contributed by atoms with Crippen LogP contribution in [-0.2, 0) is 19.4 Å². The minimum atomic E-state index is -0.223. The Balaban J connectivity index is 1.64. The van der Waals surface area contributed by atoms with Gasteiger partial charge in [-0.15, -0.1) is 10.2 Å². The van der Waals surface area contributed by atoms with Gasteiger partial charge in [-0.1, -0.05) is 36.0 Å². The van der Waals surface area contributed by atoms with Crippen LogP contribution in [0, 0.1) is 19.7 Å². The molecule has 0 saturated carbocycles. The number of halogens is 1. The second kappa shape index (κ2) is 7.70. The van der Waals surface area contributed by atoms with Gasteiger partial charge in [0, 0.05) is 12.8 Å². The first-order valence-electron chi connectivity index (χ1n) is 7.99. The van der Waals surface area contributed by atoms with Crippen LogP contribution < -0.4 is 4.74 Å². The summed E-state index contributed by atoms with van der Waals surface area (Å²) in [6.45, 7) is 4.46. The van der Waals surface area contributed by atoms with Gasteiger partial charge < -0.3 is 9.30 Å². The fraction of sp³-hybridized carbons (Fsp3) is 0.263. The molecule has 3 rings (SSSR count). The Morgan fingerprint density at radius 2 is 1.92 bits per heavy atom. The van der Waals surface area contributed by atoms with Crippen molar-refractivity contribution < 1.29 is 9.13 Å². The van der Waals surface area contributed by atoms with Crippen molar-refractivity contribution in [2.75, 3.05) is 0 Å². The lowest BCUT2D eigenvalue weighted by atomic mass is 10.1. The number of hydrogen-bond donors (Lipinski definition) is 0. The molecule has 0 unspecified atom stereocenters. The average molecular weight is 357 g/mol. The summed E-state index contributed by atoms with van der Waals surface area (Å²) in [4.78, 5) is 0. The highest BCUT2D eigenvalue weighted by atomic mass is 32.2. The maximum absolute atomic E-state index is 13.2. The molecule has 0 atom stereocenters. The van der Waals surface area contributed by atoms with Crippen LogP contribution in [0.3, 0.4) is 0 Å². The van der Waals surface area contributed by atoms with E-state index in [-0.39, 0.29) is 5.82 Å². The van der Waals surface area contributed by atoms with Crippen molar-refractivity contribution in [2.45, 2.75) is 31.4 Å². The number of thioether (sulfide) groups is 1. The molecule has 0 bridgehead atoms.